The smallest absolute Gasteiger partial charge is 0.160 e. The van der Waals surface area contributed by atoms with Crippen LogP contribution in [-0.2, 0) is 10.8 Å². The predicted molar refractivity (Wildman–Crippen MR) is 343 cm³/mol. The summed E-state index contributed by atoms with van der Waals surface area (Å²) in [5.41, 5.74) is 14.9. The van der Waals surface area contributed by atoms with E-state index in [1.165, 1.54) is 36.4 Å². The third-order valence-corrected chi connectivity index (χ3v) is 18.7. The summed E-state index contributed by atoms with van der Waals surface area (Å²) >= 11 is 1.54. The van der Waals surface area contributed by atoms with E-state index in [9.17, 15) is 17.6 Å². The Morgan fingerprint density at radius 1 is 0.299 bits per heavy atom. The van der Waals surface area contributed by atoms with Crippen LogP contribution in [0, 0.1) is 34.9 Å². The highest BCUT2D eigenvalue weighted by Crippen LogP contribution is 2.60. The second-order valence-electron chi connectivity index (χ2n) is 22.0. The van der Waals surface area contributed by atoms with Crippen LogP contribution in [0.4, 0.5) is 60.5 Å². The number of fused-ring (bicyclic) bond motifs is 9. The molecule has 0 saturated heterocycles. The summed E-state index contributed by atoms with van der Waals surface area (Å²) in [6, 6.07) is 78.4. The lowest BCUT2D eigenvalue weighted by Gasteiger charge is -2.35. The zero-order chi connectivity index (χ0) is 59.3. The van der Waals surface area contributed by atoms with Crippen molar-refractivity contribution in [2.75, 3.05) is 9.80 Å². The second kappa shape index (κ2) is 20.6. The van der Waals surface area contributed by atoms with Crippen molar-refractivity contribution in [3.8, 4) is 22.3 Å². The molecule has 0 fully saturated rings. The fourth-order valence-electron chi connectivity index (χ4n) is 13.7. The molecule has 2 unspecified atom stereocenters. The minimum atomic E-state index is -1.01. The van der Waals surface area contributed by atoms with E-state index < -0.39 is 34.1 Å². The van der Waals surface area contributed by atoms with Crippen molar-refractivity contribution in [1.82, 2.24) is 0 Å². The molecule has 0 radical (unpaired) electrons. The zero-order valence-corrected chi connectivity index (χ0v) is 47.2. The fourth-order valence-corrected chi connectivity index (χ4v) is 14.9. The van der Waals surface area contributed by atoms with Crippen molar-refractivity contribution < 1.29 is 26.3 Å². The minimum absolute atomic E-state index is 0.363. The highest BCUT2D eigenvalue weighted by atomic mass is 32.1. The molecule has 0 aliphatic heterocycles. The van der Waals surface area contributed by atoms with Gasteiger partial charge in [0.25, 0.3) is 0 Å². The molecule has 13 aromatic rings. The van der Waals surface area contributed by atoms with Crippen LogP contribution < -0.4 is 9.80 Å². The second-order valence-corrected chi connectivity index (χ2v) is 23.1. The Labute approximate surface area is 502 Å². The van der Waals surface area contributed by atoms with Crippen LogP contribution in [0.5, 0.6) is 0 Å². The molecule has 0 saturated carbocycles. The van der Waals surface area contributed by atoms with E-state index in [1.54, 1.807) is 35.6 Å². The first-order valence-corrected chi connectivity index (χ1v) is 29.2. The molecule has 0 N–H and O–H groups in total. The highest BCUT2D eigenvalue weighted by Gasteiger charge is 2.48. The molecule has 87 heavy (non-hydrogen) atoms. The van der Waals surface area contributed by atoms with Gasteiger partial charge in [0.15, 0.2) is 23.3 Å². The third kappa shape index (κ3) is 8.32. The van der Waals surface area contributed by atoms with Crippen LogP contribution in [0.1, 0.15) is 55.6 Å². The quantitative estimate of drug-likeness (QED) is 0.113. The largest absolute Gasteiger partial charge is 0.310 e. The zero-order valence-electron chi connectivity index (χ0n) is 46.4. The van der Waals surface area contributed by atoms with Crippen LogP contribution in [0.3, 0.4) is 0 Å². The summed E-state index contributed by atoms with van der Waals surface area (Å²) in [7, 11) is 0. The summed E-state index contributed by atoms with van der Waals surface area (Å²) < 4.78 is 92.9. The summed E-state index contributed by atoms with van der Waals surface area (Å²) in [4.78, 5) is 3.85. The standard InChI is InChI=1S/C78H48F6N2S/c1-3-47-13-17-49(18-14-47)77(51-21-25-53(79)26-22-51)67-11-7-5-9-61(67)63-35-29-55(41-69(63)77)85(57-33-39-71(81)73(83)43-57)59-31-37-65-66-38-32-60(46-76(66)87-75(65)45-59)86(58-34-40-72(82)74(84)44-58)56-30-36-64-62-10-6-8-12-68(62)78(70(64)42-56,52-23-27-54(80)28-24-52)50-19-15-48(4-2)16-20-50/h3-46H,1-2H2. The number of anilines is 6. The SMILES string of the molecule is C=Cc1ccc(C2(c3ccc(F)cc3)c3ccccc3-c3ccc(N(c4ccc(F)c(F)c4)c4ccc5c(c4)sc4cc(N(c6ccc(F)c(F)c6)c6ccc7c(c6)C(c6ccc(F)cc6)(c6ccc(C=C)cc6)c6ccccc6-7)ccc45)cc32)cc1. The van der Waals surface area contributed by atoms with Crippen molar-refractivity contribution in [2.24, 2.45) is 0 Å². The maximum atomic E-state index is 15.7. The maximum Gasteiger partial charge on any atom is 0.160 e. The first kappa shape index (κ1) is 53.3. The lowest BCUT2D eigenvalue weighted by molar-refractivity contribution is 0.509. The van der Waals surface area contributed by atoms with Crippen LogP contribution in [0.25, 0.3) is 54.6 Å². The molecule has 2 atom stereocenters. The average molecular weight is 1160 g/mol. The number of rotatable bonds is 12. The summed E-state index contributed by atoms with van der Waals surface area (Å²) in [6.07, 6.45) is 3.59. The van der Waals surface area contributed by atoms with Crippen molar-refractivity contribution >= 4 is 77.8 Å². The van der Waals surface area contributed by atoms with E-state index in [1.807, 2.05) is 131 Å². The van der Waals surface area contributed by atoms with Crippen molar-refractivity contribution in [1.29, 1.82) is 0 Å². The van der Waals surface area contributed by atoms with Crippen LogP contribution in [0.2, 0.25) is 0 Å². The molecular formula is C78H48F6N2S. The van der Waals surface area contributed by atoms with Gasteiger partial charge in [0.2, 0.25) is 0 Å². The first-order chi connectivity index (χ1) is 42.5. The summed E-state index contributed by atoms with van der Waals surface area (Å²) in [5, 5.41) is 1.89. The van der Waals surface area contributed by atoms with Crippen molar-refractivity contribution in [2.45, 2.75) is 10.8 Å². The topological polar surface area (TPSA) is 6.48 Å². The van der Waals surface area contributed by atoms with Gasteiger partial charge in [0, 0.05) is 66.4 Å². The molecule has 2 aliphatic rings. The number of halogens is 6. The maximum absolute atomic E-state index is 15.7. The Morgan fingerprint density at radius 2 is 0.621 bits per heavy atom. The summed E-state index contributed by atoms with van der Waals surface area (Å²) in [6.45, 7) is 7.99. The molecule has 0 bridgehead atoms. The third-order valence-electron chi connectivity index (χ3n) is 17.6. The number of hydrogen-bond donors (Lipinski definition) is 0. The van der Waals surface area contributed by atoms with Gasteiger partial charge in [0.05, 0.1) is 10.8 Å². The first-order valence-electron chi connectivity index (χ1n) is 28.4. The van der Waals surface area contributed by atoms with Gasteiger partial charge in [0.1, 0.15) is 11.6 Å². The van der Waals surface area contributed by atoms with Crippen LogP contribution in [0.15, 0.2) is 268 Å². The molecule has 1 heterocycles. The van der Waals surface area contributed by atoms with Gasteiger partial charge >= 0.3 is 0 Å². The Hall–Kier alpha value is -10.5. The molecule has 1 aromatic heterocycles. The Bertz CT molecular complexity index is 4630. The van der Waals surface area contributed by atoms with E-state index in [4.69, 9.17) is 0 Å². The average Bonchev–Trinajstić information content (AvgIpc) is 1.58. The van der Waals surface area contributed by atoms with E-state index in [2.05, 4.69) is 86.0 Å². The van der Waals surface area contributed by atoms with Crippen molar-refractivity contribution in [3.63, 3.8) is 0 Å². The molecule has 418 valence electrons. The molecule has 2 aliphatic carbocycles. The molecule has 2 nitrogen and oxygen atoms in total. The van der Waals surface area contributed by atoms with Gasteiger partial charge < -0.3 is 9.80 Å². The normalized spacial score (nSPS) is 15.4. The number of nitrogens with zero attached hydrogens (tertiary/aromatic N) is 2. The van der Waals surface area contributed by atoms with Crippen LogP contribution in [-0.4, -0.2) is 0 Å². The van der Waals surface area contributed by atoms with E-state index in [0.29, 0.717) is 34.1 Å². The lowest BCUT2D eigenvalue weighted by atomic mass is 9.67. The van der Waals surface area contributed by atoms with Crippen LogP contribution >= 0.6 is 11.3 Å². The molecule has 12 aromatic carbocycles. The predicted octanol–water partition coefficient (Wildman–Crippen LogP) is 21.8. The number of thiophene rings is 1. The number of benzene rings is 12. The van der Waals surface area contributed by atoms with Gasteiger partial charge in [-0.2, -0.15) is 0 Å². The van der Waals surface area contributed by atoms with E-state index in [0.717, 1.165) is 110 Å². The van der Waals surface area contributed by atoms with E-state index in [-0.39, 0.29) is 11.6 Å². The van der Waals surface area contributed by atoms with E-state index >= 15 is 8.78 Å². The van der Waals surface area contributed by atoms with Crippen molar-refractivity contribution in [3.05, 3.63) is 358 Å². The van der Waals surface area contributed by atoms with Gasteiger partial charge in [-0.1, -0.05) is 171 Å². The monoisotopic (exact) mass is 1160 g/mol. The lowest BCUT2D eigenvalue weighted by Crippen LogP contribution is -2.29. The molecule has 0 spiro atoms. The molecule has 9 heteroatoms. The molecule has 0 amide bonds. The van der Waals surface area contributed by atoms with Gasteiger partial charge in [-0.05, 0) is 175 Å². The van der Waals surface area contributed by atoms with Gasteiger partial charge in [-0.3, -0.25) is 0 Å². The fraction of sp³-hybridized carbons (Fsp3) is 0.0256. The minimum Gasteiger partial charge on any atom is -0.310 e. The Balaban J connectivity index is 0.895. The van der Waals surface area contributed by atoms with Gasteiger partial charge in [-0.15, -0.1) is 11.3 Å². The Morgan fingerprint density at radius 3 is 1.00 bits per heavy atom. The Kier molecular flexibility index (Phi) is 12.6. The summed E-state index contributed by atoms with van der Waals surface area (Å²) in [5.74, 6) is -4.71. The highest BCUT2D eigenvalue weighted by molar-refractivity contribution is 7.25. The molecular weight excluding hydrogens is 1110 g/mol. The number of hydrogen-bond acceptors (Lipinski definition) is 3. The molecule has 15 rings (SSSR count). The van der Waals surface area contributed by atoms with Gasteiger partial charge in [-0.25, -0.2) is 26.3 Å².